The molecule has 0 fully saturated rings. The molecule has 0 aromatic carbocycles. The number of nitrogens with two attached hydrogens (primary N) is 1. The highest BCUT2D eigenvalue weighted by Crippen LogP contribution is 2.37. The van der Waals surface area contributed by atoms with Crippen molar-refractivity contribution >= 4 is 54.8 Å². The van der Waals surface area contributed by atoms with Crippen LogP contribution in [0, 0.1) is 6.92 Å². The molecule has 0 saturated heterocycles. The molecule has 104 valence electrons. The summed E-state index contributed by atoms with van der Waals surface area (Å²) in [7, 11) is 1.84. The summed E-state index contributed by atoms with van der Waals surface area (Å²) in [5.74, 6) is 5.67. The Morgan fingerprint density at radius 3 is 2.68 bits per heavy atom. The van der Waals surface area contributed by atoms with Gasteiger partial charge < -0.3 is 0 Å². The van der Waals surface area contributed by atoms with Crippen molar-refractivity contribution in [2.45, 2.75) is 19.4 Å². The molecule has 4 nitrogen and oxygen atoms in total. The minimum absolute atomic E-state index is 0.00741. The number of aromatic nitrogens is 2. The van der Waals surface area contributed by atoms with E-state index in [1.54, 1.807) is 16.0 Å². The molecule has 0 bridgehead atoms. The number of aryl methyl sites for hydroxylation is 2. The molecular formula is C11H13Br2ClN4S. The maximum absolute atomic E-state index is 6.26. The molecule has 8 heteroatoms. The van der Waals surface area contributed by atoms with Crippen molar-refractivity contribution in [1.29, 1.82) is 0 Å². The molecule has 0 aliphatic carbocycles. The van der Waals surface area contributed by atoms with Gasteiger partial charge in [0.05, 0.1) is 15.5 Å². The summed E-state index contributed by atoms with van der Waals surface area (Å²) in [5.41, 5.74) is 4.80. The monoisotopic (exact) mass is 426 g/mol. The van der Waals surface area contributed by atoms with Gasteiger partial charge in [0.1, 0.15) is 5.15 Å². The zero-order valence-corrected chi connectivity index (χ0v) is 15.1. The number of halogens is 3. The number of nitrogens with zero attached hydrogens (tertiary/aromatic N) is 2. The Balaban J connectivity index is 2.29. The van der Waals surface area contributed by atoms with Gasteiger partial charge in [-0.25, -0.2) is 0 Å². The maximum Gasteiger partial charge on any atom is 0.130 e. The van der Waals surface area contributed by atoms with Gasteiger partial charge in [0.15, 0.2) is 0 Å². The second kappa shape index (κ2) is 6.24. The van der Waals surface area contributed by atoms with Gasteiger partial charge in [0.2, 0.25) is 0 Å². The number of hydrogen-bond donors (Lipinski definition) is 2. The lowest BCUT2D eigenvalue weighted by molar-refractivity contribution is 0.559. The van der Waals surface area contributed by atoms with Gasteiger partial charge in [0, 0.05) is 22.0 Å². The third-order valence-corrected chi connectivity index (χ3v) is 6.73. The topological polar surface area (TPSA) is 55.9 Å². The predicted octanol–water partition coefficient (Wildman–Crippen LogP) is 3.72. The van der Waals surface area contributed by atoms with Crippen LogP contribution in [0.5, 0.6) is 0 Å². The number of hydrazine groups is 1. The Morgan fingerprint density at radius 1 is 1.58 bits per heavy atom. The average molecular weight is 429 g/mol. The summed E-state index contributed by atoms with van der Waals surface area (Å²) in [5, 5.41) is 4.98. The van der Waals surface area contributed by atoms with Gasteiger partial charge in [-0.05, 0) is 51.3 Å². The molecule has 0 spiro atoms. The van der Waals surface area contributed by atoms with Gasteiger partial charge in [-0.2, -0.15) is 5.10 Å². The number of rotatable bonds is 4. The van der Waals surface area contributed by atoms with Gasteiger partial charge in [-0.3, -0.25) is 16.0 Å². The summed E-state index contributed by atoms with van der Waals surface area (Å²) >= 11 is 14.9. The summed E-state index contributed by atoms with van der Waals surface area (Å²) in [6, 6.07) is 2.06. The van der Waals surface area contributed by atoms with Gasteiger partial charge in [-0.15, -0.1) is 11.3 Å². The molecule has 2 aromatic rings. The van der Waals surface area contributed by atoms with Crippen molar-refractivity contribution in [2.75, 3.05) is 0 Å². The molecule has 0 aliphatic rings. The lowest BCUT2D eigenvalue weighted by atomic mass is 10.1. The molecule has 2 aromatic heterocycles. The van der Waals surface area contributed by atoms with Crippen LogP contribution in [-0.4, -0.2) is 9.78 Å². The highest BCUT2D eigenvalue weighted by atomic mass is 79.9. The molecule has 1 unspecified atom stereocenters. The molecule has 0 aliphatic heterocycles. The van der Waals surface area contributed by atoms with E-state index in [9.17, 15) is 0 Å². The standard InChI is InChI=1S/C11H13Br2ClN4S/c1-5-6(11(14)18(2)17-5)3-8(16-15)9-4-7(12)10(13)19-9/h4,8,16H,3,15H2,1-2H3. The molecule has 0 amide bonds. The van der Waals surface area contributed by atoms with Crippen molar-refractivity contribution in [2.24, 2.45) is 12.9 Å². The van der Waals surface area contributed by atoms with Crippen LogP contribution in [0.4, 0.5) is 0 Å². The zero-order valence-electron chi connectivity index (χ0n) is 10.4. The van der Waals surface area contributed by atoms with E-state index in [0.717, 1.165) is 24.4 Å². The SMILES string of the molecule is Cc1nn(C)c(Cl)c1CC(NN)c1cc(Br)c(Br)s1. The van der Waals surface area contributed by atoms with Crippen molar-refractivity contribution < 1.29 is 0 Å². The summed E-state index contributed by atoms with van der Waals surface area (Å²) < 4.78 is 3.76. The van der Waals surface area contributed by atoms with Gasteiger partial charge >= 0.3 is 0 Å². The first kappa shape index (κ1) is 15.5. The minimum atomic E-state index is 0.00741. The highest BCUT2D eigenvalue weighted by Gasteiger charge is 2.20. The maximum atomic E-state index is 6.26. The van der Waals surface area contributed by atoms with Crippen LogP contribution >= 0.6 is 54.8 Å². The van der Waals surface area contributed by atoms with E-state index < -0.39 is 0 Å². The van der Waals surface area contributed by atoms with Crippen LogP contribution in [0.25, 0.3) is 0 Å². The van der Waals surface area contributed by atoms with E-state index in [-0.39, 0.29) is 6.04 Å². The number of nitrogens with one attached hydrogen (secondary N) is 1. The van der Waals surface area contributed by atoms with Crippen LogP contribution in [0.2, 0.25) is 5.15 Å². The first-order valence-electron chi connectivity index (χ1n) is 5.52. The third kappa shape index (κ3) is 3.22. The van der Waals surface area contributed by atoms with E-state index >= 15 is 0 Å². The Morgan fingerprint density at radius 2 is 2.26 bits per heavy atom. The lowest BCUT2D eigenvalue weighted by Crippen LogP contribution is -2.29. The smallest absolute Gasteiger partial charge is 0.130 e. The lowest BCUT2D eigenvalue weighted by Gasteiger charge is -2.14. The van der Waals surface area contributed by atoms with Crippen molar-refractivity contribution in [3.05, 3.63) is 35.6 Å². The Kier molecular flexibility index (Phi) is 5.08. The van der Waals surface area contributed by atoms with Crippen LogP contribution in [0.3, 0.4) is 0 Å². The minimum Gasteiger partial charge on any atom is -0.271 e. The molecule has 3 N–H and O–H groups in total. The summed E-state index contributed by atoms with van der Waals surface area (Å²) in [6.45, 7) is 1.95. The molecule has 0 radical (unpaired) electrons. The van der Waals surface area contributed by atoms with Crippen LogP contribution in [0.15, 0.2) is 14.3 Å². The largest absolute Gasteiger partial charge is 0.271 e. The summed E-state index contributed by atoms with van der Waals surface area (Å²) in [4.78, 5) is 1.14. The first-order valence-corrected chi connectivity index (χ1v) is 8.31. The third-order valence-electron chi connectivity index (χ3n) is 2.89. The number of thiophene rings is 1. The van der Waals surface area contributed by atoms with Crippen LogP contribution in [0.1, 0.15) is 22.2 Å². The Labute approximate surface area is 137 Å². The van der Waals surface area contributed by atoms with Crippen molar-refractivity contribution in [3.63, 3.8) is 0 Å². The van der Waals surface area contributed by atoms with Crippen molar-refractivity contribution in [3.8, 4) is 0 Å². The van der Waals surface area contributed by atoms with Crippen molar-refractivity contribution in [1.82, 2.24) is 15.2 Å². The quantitative estimate of drug-likeness (QED) is 0.577. The van der Waals surface area contributed by atoms with E-state index in [0.29, 0.717) is 11.6 Å². The number of hydrogen-bond acceptors (Lipinski definition) is 4. The van der Waals surface area contributed by atoms with E-state index in [2.05, 4.69) is 48.5 Å². The molecular weight excluding hydrogens is 415 g/mol. The van der Waals surface area contributed by atoms with E-state index in [4.69, 9.17) is 17.4 Å². The molecule has 19 heavy (non-hydrogen) atoms. The van der Waals surface area contributed by atoms with Crippen LogP contribution < -0.4 is 11.3 Å². The fraction of sp³-hybridized carbons (Fsp3) is 0.364. The fourth-order valence-corrected chi connectivity index (χ4v) is 4.29. The molecule has 0 saturated carbocycles. The van der Waals surface area contributed by atoms with E-state index in [1.807, 2.05) is 14.0 Å². The Bertz CT molecular complexity index is 576. The Hall–Kier alpha value is 0.0800. The second-order valence-corrected chi connectivity index (χ2v) is 7.79. The van der Waals surface area contributed by atoms with Gasteiger partial charge in [0.25, 0.3) is 0 Å². The molecule has 2 rings (SSSR count). The van der Waals surface area contributed by atoms with E-state index in [1.165, 1.54) is 0 Å². The second-order valence-electron chi connectivity index (χ2n) is 4.17. The van der Waals surface area contributed by atoms with Crippen LogP contribution in [-0.2, 0) is 13.5 Å². The summed E-state index contributed by atoms with van der Waals surface area (Å²) in [6.07, 6.45) is 0.703. The van der Waals surface area contributed by atoms with Gasteiger partial charge in [-0.1, -0.05) is 11.6 Å². The predicted molar refractivity (Wildman–Crippen MR) is 86.4 cm³/mol. The zero-order chi connectivity index (χ0) is 14.2. The normalized spacial score (nSPS) is 12.9. The first-order chi connectivity index (χ1) is 8.93. The molecule has 2 heterocycles. The molecule has 1 atom stereocenters. The fourth-order valence-electron chi connectivity index (χ4n) is 1.89. The highest BCUT2D eigenvalue weighted by molar-refractivity contribution is 9.13. The average Bonchev–Trinajstić information content (AvgIpc) is 2.80.